The predicted molar refractivity (Wildman–Crippen MR) is 122 cm³/mol. The SMILES string of the molecule is Cc1ccc(NC(=O)c2cnn3c2NC2=C(C(=O)CCC2)C3c2ccc(O)cc2)cc1C. The number of benzene rings is 2. The fourth-order valence-corrected chi connectivity index (χ4v) is 4.41. The fourth-order valence-electron chi connectivity index (χ4n) is 4.41. The molecule has 1 aliphatic carbocycles. The molecule has 0 radical (unpaired) electrons. The molecule has 3 aromatic rings. The second-order valence-electron chi connectivity index (χ2n) is 8.39. The molecule has 2 aromatic carbocycles. The lowest BCUT2D eigenvalue weighted by atomic mass is 9.85. The smallest absolute Gasteiger partial charge is 0.261 e. The average Bonchev–Trinajstić information content (AvgIpc) is 3.19. The van der Waals surface area contributed by atoms with E-state index in [1.54, 1.807) is 28.9 Å². The van der Waals surface area contributed by atoms with Gasteiger partial charge in [-0.05, 0) is 67.6 Å². The molecule has 1 unspecified atom stereocenters. The number of ketones is 1. The topological polar surface area (TPSA) is 96.3 Å². The maximum absolute atomic E-state index is 13.1. The van der Waals surface area contributed by atoms with E-state index in [0.717, 1.165) is 40.9 Å². The van der Waals surface area contributed by atoms with Gasteiger partial charge in [0.2, 0.25) is 0 Å². The van der Waals surface area contributed by atoms with Crippen LogP contribution in [-0.2, 0) is 4.79 Å². The Hall–Kier alpha value is -3.87. The van der Waals surface area contributed by atoms with Crippen molar-refractivity contribution in [3.8, 4) is 5.75 Å². The number of phenolic OH excluding ortho intramolecular Hbond substituents is 1. The molecule has 1 atom stereocenters. The van der Waals surface area contributed by atoms with Gasteiger partial charge < -0.3 is 15.7 Å². The second-order valence-corrected chi connectivity index (χ2v) is 8.39. The molecule has 0 saturated heterocycles. The van der Waals surface area contributed by atoms with Gasteiger partial charge in [-0.15, -0.1) is 0 Å². The lowest BCUT2D eigenvalue weighted by molar-refractivity contribution is -0.116. The zero-order chi connectivity index (χ0) is 22.4. The number of anilines is 2. The molecule has 0 bridgehead atoms. The van der Waals surface area contributed by atoms with Crippen molar-refractivity contribution in [2.45, 2.75) is 39.2 Å². The van der Waals surface area contributed by atoms with E-state index in [-0.39, 0.29) is 17.4 Å². The summed E-state index contributed by atoms with van der Waals surface area (Å²) in [5.41, 5.74) is 5.74. The van der Waals surface area contributed by atoms with Crippen molar-refractivity contribution in [2.24, 2.45) is 0 Å². The number of allylic oxidation sites excluding steroid dienone is 2. The molecule has 5 rings (SSSR count). The van der Waals surface area contributed by atoms with E-state index < -0.39 is 6.04 Å². The van der Waals surface area contributed by atoms with Crippen molar-refractivity contribution in [1.82, 2.24) is 9.78 Å². The average molecular weight is 428 g/mol. The minimum atomic E-state index is -0.446. The van der Waals surface area contributed by atoms with Gasteiger partial charge in [-0.1, -0.05) is 18.2 Å². The van der Waals surface area contributed by atoms with Crippen molar-refractivity contribution >= 4 is 23.2 Å². The third-order valence-corrected chi connectivity index (χ3v) is 6.26. The molecule has 2 aliphatic rings. The summed E-state index contributed by atoms with van der Waals surface area (Å²) in [5, 5.41) is 20.5. The molecule has 1 aliphatic heterocycles. The van der Waals surface area contributed by atoms with Gasteiger partial charge in [0.25, 0.3) is 5.91 Å². The third-order valence-electron chi connectivity index (χ3n) is 6.26. The number of amides is 1. The first-order chi connectivity index (χ1) is 15.4. The van der Waals surface area contributed by atoms with Crippen LogP contribution < -0.4 is 10.6 Å². The van der Waals surface area contributed by atoms with Gasteiger partial charge in [0.05, 0.1) is 6.20 Å². The molecule has 32 heavy (non-hydrogen) atoms. The highest BCUT2D eigenvalue weighted by atomic mass is 16.3. The highest BCUT2D eigenvalue weighted by Gasteiger charge is 2.37. The molecule has 3 N–H and O–H groups in total. The van der Waals surface area contributed by atoms with Crippen LogP contribution in [-0.4, -0.2) is 26.6 Å². The van der Waals surface area contributed by atoms with Crippen molar-refractivity contribution in [1.29, 1.82) is 0 Å². The van der Waals surface area contributed by atoms with Gasteiger partial charge in [-0.25, -0.2) is 4.68 Å². The Kier molecular flexibility index (Phi) is 4.81. The van der Waals surface area contributed by atoms with E-state index in [1.807, 2.05) is 32.0 Å². The minimum absolute atomic E-state index is 0.0825. The van der Waals surface area contributed by atoms with Crippen molar-refractivity contribution in [3.05, 3.63) is 82.2 Å². The number of nitrogens with zero attached hydrogens (tertiary/aromatic N) is 2. The first kappa shape index (κ1) is 20.1. The zero-order valence-electron chi connectivity index (χ0n) is 18.0. The molecule has 7 nitrogen and oxygen atoms in total. The third kappa shape index (κ3) is 3.36. The number of carbonyl (C=O) groups is 2. The van der Waals surface area contributed by atoms with Gasteiger partial charge in [0.15, 0.2) is 5.78 Å². The molecule has 1 aromatic heterocycles. The van der Waals surface area contributed by atoms with Crippen LogP contribution >= 0.6 is 0 Å². The molecule has 0 spiro atoms. The number of hydrogen-bond acceptors (Lipinski definition) is 5. The number of fused-ring (bicyclic) bond motifs is 1. The van der Waals surface area contributed by atoms with Gasteiger partial charge in [0.1, 0.15) is 23.2 Å². The Labute approximate surface area is 185 Å². The van der Waals surface area contributed by atoms with Gasteiger partial charge in [-0.2, -0.15) is 5.10 Å². The van der Waals surface area contributed by atoms with E-state index >= 15 is 0 Å². The molecule has 2 heterocycles. The predicted octanol–water partition coefficient (Wildman–Crippen LogP) is 4.48. The number of rotatable bonds is 3. The summed E-state index contributed by atoms with van der Waals surface area (Å²) in [4.78, 5) is 26.0. The zero-order valence-corrected chi connectivity index (χ0v) is 18.0. The number of Topliss-reactive ketones (excluding diaryl/α,β-unsaturated/α-hetero) is 1. The fraction of sp³-hybridized carbons (Fsp3) is 0.240. The van der Waals surface area contributed by atoms with E-state index in [2.05, 4.69) is 15.7 Å². The lowest BCUT2D eigenvalue weighted by Crippen LogP contribution is -2.32. The number of aromatic nitrogens is 2. The normalized spacial score (nSPS) is 17.4. The minimum Gasteiger partial charge on any atom is -0.508 e. The molecule has 0 fully saturated rings. The number of aromatic hydroxyl groups is 1. The first-order valence-electron chi connectivity index (χ1n) is 10.7. The van der Waals surface area contributed by atoms with Crippen molar-refractivity contribution in [2.75, 3.05) is 10.6 Å². The Balaban J connectivity index is 1.55. The molecule has 162 valence electrons. The van der Waals surface area contributed by atoms with Crippen LogP contribution in [0.2, 0.25) is 0 Å². The number of nitrogens with one attached hydrogen (secondary N) is 2. The van der Waals surface area contributed by atoms with Crippen LogP contribution in [0.3, 0.4) is 0 Å². The van der Waals surface area contributed by atoms with E-state index in [9.17, 15) is 14.7 Å². The standard InChI is InChI=1S/C25H24N4O3/c1-14-6-9-17(12-15(14)2)27-25(32)19-13-26-29-23(16-7-10-18(30)11-8-16)22-20(28-24(19)29)4-3-5-21(22)31/h6-13,23,28,30H,3-5H2,1-2H3,(H,27,32). The number of hydrogen-bond donors (Lipinski definition) is 3. The summed E-state index contributed by atoms with van der Waals surface area (Å²) in [5.74, 6) is 0.538. The second kappa shape index (κ2) is 7.67. The molecule has 1 amide bonds. The number of aryl methyl sites for hydroxylation is 2. The molecular formula is C25H24N4O3. The van der Waals surface area contributed by atoms with Crippen molar-refractivity contribution < 1.29 is 14.7 Å². The molecule has 7 heteroatoms. The number of phenols is 1. The lowest BCUT2D eigenvalue weighted by Gasteiger charge is -2.33. The highest BCUT2D eigenvalue weighted by Crippen LogP contribution is 2.41. The Morgan fingerprint density at radius 1 is 1.12 bits per heavy atom. The van der Waals surface area contributed by atoms with Crippen LogP contribution in [0.25, 0.3) is 0 Å². The molecule has 0 saturated carbocycles. The summed E-state index contributed by atoms with van der Waals surface area (Å²) in [6.45, 7) is 4.03. The van der Waals surface area contributed by atoms with Gasteiger partial charge >= 0.3 is 0 Å². The Morgan fingerprint density at radius 3 is 2.66 bits per heavy atom. The van der Waals surface area contributed by atoms with Crippen molar-refractivity contribution in [3.63, 3.8) is 0 Å². The first-order valence-corrected chi connectivity index (χ1v) is 10.7. The van der Waals surface area contributed by atoms with Crippen LogP contribution in [0, 0.1) is 13.8 Å². The number of carbonyl (C=O) groups excluding carboxylic acids is 2. The van der Waals surface area contributed by atoms with Gasteiger partial charge in [0, 0.05) is 23.4 Å². The summed E-state index contributed by atoms with van der Waals surface area (Å²) in [6.07, 6.45) is 3.53. The van der Waals surface area contributed by atoms with Crippen LogP contribution in [0.4, 0.5) is 11.5 Å². The largest absolute Gasteiger partial charge is 0.508 e. The molecular weight excluding hydrogens is 404 g/mol. The summed E-state index contributed by atoms with van der Waals surface area (Å²) in [6, 6.07) is 12.1. The summed E-state index contributed by atoms with van der Waals surface area (Å²) < 4.78 is 1.70. The van der Waals surface area contributed by atoms with Crippen LogP contribution in [0.5, 0.6) is 5.75 Å². The van der Waals surface area contributed by atoms with Crippen LogP contribution in [0.15, 0.2) is 59.9 Å². The van der Waals surface area contributed by atoms with E-state index in [1.165, 1.54) is 6.20 Å². The van der Waals surface area contributed by atoms with Gasteiger partial charge in [-0.3, -0.25) is 9.59 Å². The van der Waals surface area contributed by atoms with E-state index in [4.69, 9.17) is 0 Å². The summed E-state index contributed by atoms with van der Waals surface area (Å²) >= 11 is 0. The monoisotopic (exact) mass is 428 g/mol. The van der Waals surface area contributed by atoms with E-state index in [0.29, 0.717) is 23.4 Å². The summed E-state index contributed by atoms with van der Waals surface area (Å²) in [7, 11) is 0. The Bertz CT molecular complexity index is 1270. The maximum atomic E-state index is 13.1. The Morgan fingerprint density at radius 2 is 1.91 bits per heavy atom. The quantitative estimate of drug-likeness (QED) is 0.572. The van der Waals surface area contributed by atoms with Crippen LogP contribution in [0.1, 0.15) is 52.4 Å². The highest BCUT2D eigenvalue weighted by molar-refractivity contribution is 6.08. The maximum Gasteiger partial charge on any atom is 0.261 e.